The second-order valence-corrected chi connectivity index (χ2v) is 11.3. The SMILES string of the molecule is C=C/C(I)=C\C=C\CN.CC/C(N)=C\C=C(/CC)S(=O)(=O)Oc1c(C=O)nc2n(c1=O)CCOCC2Br. The van der Waals surface area contributed by atoms with Gasteiger partial charge in [0.05, 0.1) is 29.5 Å². The topological polar surface area (TPSA) is 157 Å². The van der Waals surface area contributed by atoms with Gasteiger partial charge in [0.2, 0.25) is 5.75 Å². The van der Waals surface area contributed by atoms with E-state index in [1.54, 1.807) is 13.0 Å². The van der Waals surface area contributed by atoms with Gasteiger partial charge in [-0.15, -0.1) is 0 Å². The average molecular weight is 711 g/mol. The van der Waals surface area contributed by atoms with Crippen LogP contribution in [-0.4, -0.2) is 44.0 Å². The highest BCUT2D eigenvalue weighted by Gasteiger charge is 2.28. The van der Waals surface area contributed by atoms with E-state index in [2.05, 4.69) is 50.1 Å². The molecule has 4 N–H and O–H groups in total. The summed E-state index contributed by atoms with van der Waals surface area (Å²) in [5, 5.41) is 0. The molecule has 0 aliphatic carbocycles. The van der Waals surface area contributed by atoms with Crippen LogP contribution in [0.5, 0.6) is 5.75 Å². The van der Waals surface area contributed by atoms with Crippen molar-refractivity contribution < 1.29 is 22.1 Å². The maximum atomic E-state index is 12.8. The molecule has 0 radical (unpaired) electrons. The third-order valence-electron chi connectivity index (χ3n) is 4.78. The standard InChI is InChI=1S/C17H22BrN3O6S.C7H10IN/c1-3-11(19)5-6-12(4-2)28(24,25)27-15-14(9-22)20-16-13(18)10-26-8-7-21(16)17(15)23;1-2-7(8)5-3-4-6-9/h5-6,9,13H,3-4,7-8,10,19H2,1-2H3;2-5H,1,6,9H2/b11-5+,12-6+;4-3+,7-5+. The van der Waals surface area contributed by atoms with Crippen LogP contribution in [0, 0.1) is 0 Å². The van der Waals surface area contributed by atoms with Crippen molar-refractivity contribution in [2.24, 2.45) is 11.5 Å². The number of aldehydes is 1. The van der Waals surface area contributed by atoms with E-state index < -0.39 is 26.3 Å². The lowest BCUT2D eigenvalue weighted by Gasteiger charge is -2.15. The van der Waals surface area contributed by atoms with Crippen LogP contribution in [0.25, 0.3) is 0 Å². The second-order valence-electron chi connectivity index (χ2n) is 7.34. The van der Waals surface area contributed by atoms with E-state index in [9.17, 15) is 18.0 Å². The van der Waals surface area contributed by atoms with E-state index in [1.165, 1.54) is 16.7 Å². The zero-order valence-electron chi connectivity index (χ0n) is 20.7. The van der Waals surface area contributed by atoms with Crippen LogP contribution in [-0.2, 0) is 21.4 Å². The summed E-state index contributed by atoms with van der Waals surface area (Å²) in [5.41, 5.74) is 10.3. The molecule has 37 heavy (non-hydrogen) atoms. The van der Waals surface area contributed by atoms with Gasteiger partial charge in [-0.05, 0) is 53.7 Å². The Bertz CT molecular complexity index is 1240. The fraction of sp³-hybridized carbons (Fsp3) is 0.375. The Morgan fingerprint density at radius 1 is 1.32 bits per heavy atom. The number of carbonyl (C=O) groups excluding carboxylic acids is 1. The molecular formula is C24H32BrIN4O6S. The molecule has 0 saturated carbocycles. The molecule has 10 nitrogen and oxygen atoms in total. The number of nitrogens with zero attached hydrogens (tertiary/aromatic N) is 2. The largest absolute Gasteiger partial charge is 0.402 e. The zero-order valence-corrected chi connectivity index (χ0v) is 25.3. The molecule has 0 amide bonds. The van der Waals surface area contributed by atoms with Gasteiger partial charge in [-0.1, -0.05) is 54.6 Å². The molecule has 1 aromatic heterocycles. The van der Waals surface area contributed by atoms with Gasteiger partial charge in [-0.3, -0.25) is 14.2 Å². The fourth-order valence-corrected chi connectivity index (χ4v) is 4.58. The minimum atomic E-state index is -4.33. The summed E-state index contributed by atoms with van der Waals surface area (Å²) in [6.07, 6.45) is 11.3. The number of aromatic nitrogens is 2. The summed E-state index contributed by atoms with van der Waals surface area (Å²) in [6, 6.07) is 0. The highest BCUT2D eigenvalue weighted by Crippen LogP contribution is 2.26. The van der Waals surface area contributed by atoms with Crippen LogP contribution >= 0.6 is 38.5 Å². The number of ether oxygens (including phenoxy) is 1. The molecule has 1 atom stereocenters. The van der Waals surface area contributed by atoms with Gasteiger partial charge in [0, 0.05) is 15.8 Å². The number of nitrogens with two attached hydrogens (primary N) is 2. The number of fused-ring (bicyclic) bond motifs is 1. The van der Waals surface area contributed by atoms with E-state index in [1.807, 2.05) is 25.2 Å². The second kappa shape index (κ2) is 16.7. The highest BCUT2D eigenvalue weighted by atomic mass is 127. The zero-order chi connectivity index (χ0) is 28.0. The summed E-state index contributed by atoms with van der Waals surface area (Å²) in [7, 11) is -4.33. The maximum Gasteiger partial charge on any atom is 0.335 e. The van der Waals surface area contributed by atoms with Crippen LogP contribution in [0.2, 0.25) is 0 Å². The average Bonchev–Trinajstić information content (AvgIpc) is 3.07. The number of hydrogen-bond donors (Lipinski definition) is 2. The van der Waals surface area contributed by atoms with E-state index in [4.69, 9.17) is 20.4 Å². The molecule has 0 saturated heterocycles. The van der Waals surface area contributed by atoms with Gasteiger partial charge in [-0.2, -0.15) is 8.42 Å². The Morgan fingerprint density at radius 3 is 2.59 bits per heavy atom. The van der Waals surface area contributed by atoms with Crippen LogP contribution in [0.3, 0.4) is 0 Å². The summed E-state index contributed by atoms with van der Waals surface area (Å²) < 4.78 is 38.1. The van der Waals surface area contributed by atoms with Crippen LogP contribution in [0.4, 0.5) is 0 Å². The van der Waals surface area contributed by atoms with Crippen molar-refractivity contribution in [3.8, 4) is 5.75 Å². The number of halogens is 2. The molecule has 0 fully saturated rings. The Balaban J connectivity index is 0.000000649. The van der Waals surface area contributed by atoms with E-state index in [-0.39, 0.29) is 42.6 Å². The molecular weight excluding hydrogens is 679 g/mol. The van der Waals surface area contributed by atoms with Gasteiger partial charge in [0.25, 0.3) is 5.56 Å². The predicted molar refractivity (Wildman–Crippen MR) is 157 cm³/mol. The first-order chi connectivity index (χ1) is 17.6. The van der Waals surface area contributed by atoms with Gasteiger partial charge in [0.15, 0.2) is 12.0 Å². The summed E-state index contributed by atoms with van der Waals surface area (Å²) in [5.74, 6) is -0.355. The van der Waals surface area contributed by atoms with E-state index in [0.29, 0.717) is 24.9 Å². The summed E-state index contributed by atoms with van der Waals surface area (Å²) >= 11 is 5.54. The molecule has 13 heteroatoms. The van der Waals surface area contributed by atoms with Crippen molar-refractivity contribution in [1.29, 1.82) is 0 Å². The van der Waals surface area contributed by atoms with E-state index >= 15 is 0 Å². The molecule has 204 valence electrons. The van der Waals surface area contributed by atoms with Crippen molar-refractivity contribution in [3.05, 3.63) is 79.1 Å². The minimum Gasteiger partial charge on any atom is -0.402 e. The number of hydrogen-bond acceptors (Lipinski definition) is 9. The Labute approximate surface area is 239 Å². The lowest BCUT2D eigenvalue weighted by atomic mass is 10.3. The molecule has 2 rings (SSSR count). The Kier molecular flexibility index (Phi) is 14.9. The van der Waals surface area contributed by atoms with Crippen molar-refractivity contribution >= 4 is 54.9 Å². The third-order valence-corrected chi connectivity index (χ3v) is 7.70. The van der Waals surface area contributed by atoms with Gasteiger partial charge in [0.1, 0.15) is 5.82 Å². The number of allylic oxidation sites excluding steroid dienone is 8. The molecule has 0 spiro atoms. The van der Waals surface area contributed by atoms with Gasteiger partial charge >= 0.3 is 10.1 Å². The quantitative estimate of drug-likeness (QED) is 0.121. The highest BCUT2D eigenvalue weighted by molar-refractivity contribution is 14.1. The normalized spacial score (nSPS) is 16.9. The first-order valence-corrected chi connectivity index (χ1v) is 14.7. The summed E-state index contributed by atoms with van der Waals surface area (Å²) in [4.78, 5) is 27.9. The monoisotopic (exact) mass is 710 g/mol. The van der Waals surface area contributed by atoms with Crippen molar-refractivity contribution in [2.75, 3.05) is 19.8 Å². The minimum absolute atomic E-state index is 0.0817. The van der Waals surface area contributed by atoms with Gasteiger partial charge in [-0.25, -0.2) is 4.98 Å². The smallest absolute Gasteiger partial charge is 0.335 e. The molecule has 2 heterocycles. The molecule has 0 aromatic carbocycles. The molecule has 1 aromatic rings. The fourth-order valence-electron chi connectivity index (χ4n) is 2.77. The molecule has 1 aliphatic rings. The number of alkyl halides is 1. The molecule has 1 unspecified atom stereocenters. The van der Waals surface area contributed by atoms with Crippen LogP contribution in [0.15, 0.2) is 62.0 Å². The van der Waals surface area contributed by atoms with E-state index in [0.717, 1.165) is 3.58 Å². The lowest BCUT2D eigenvalue weighted by Crippen LogP contribution is -2.30. The predicted octanol–water partition coefficient (Wildman–Crippen LogP) is 3.78. The molecule has 1 aliphatic heterocycles. The van der Waals surface area contributed by atoms with Crippen molar-refractivity contribution in [1.82, 2.24) is 9.55 Å². The first-order valence-electron chi connectivity index (χ1n) is 11.3. The van der Waals surface area contributed by atoms with Gasteiger partial charge < -0.3 is 20.4 Å². The Morgan fingerprint density at radius 2 is 2.03 bits per heavy atom. The third kappa shape index (κ3) is 10.3. The van der Waals surface area contributed by atoms with Crippen molar-refractivity contribution in [2.45, 2.75) is 38.1 Å². The summed E-state index contributed by atoms with van der Waals surface area (Å²) in [6.45, 7) is 8.31. The van der Waals surface area contributed by atoms with Crippen LogP contribution in [0.1, 0.15) is 47.8 Å². The first kappa shape index (κ1) is 33.0. The van der Waals surface area contributed by atoms with Crippen molar-refractivity contribution in [3.63, 3.8) is 0 Å². The lowest BCUT2D eigenvalue weighted by molar-refractivity contribution is 0.111. The van der Waals surface area contributed by atoms with Crippen LogP contribution < -0.4 is 21.2 Å². The molecule has 0 bridgehead atoms. The number of rotatable bonds is 10. The number of carbonyl (C=O) groups is 1. The maximum absolute atomic E-state index is 12.8. The Hall–Kier alpha value is -2.07.